The summed E-state index contributed by atoms with van der Waals surface area (Å²) < 4.78 is 0. The highest BCUT2D eigenvalue weighted by molar-refractivity contribution is 5.44. The maximum atomic E-state index is 10.8. The van der Waals surface area contributed by atoms with Gasteiger partial charge in [-0.1, -0.05) is 19.8 Å². The van der Waals surface area contributed by atoms with E-state index in [0.29, 0.717) is 12.2 Å². The van der Waals surface area contributed by atoms with Crippen molar-refractivity contribution in [2.45, 2.75) is 26.2 Å². The van der Waals surface area contributed by atoms with Gasteiger partial charge < -0.3 is 5.11 Å². The third kappa shape index (κ3) is 3.93. The fraction of sp³-hybridized carbons (Fsp3) is 0.500. The second-order valence-electron chi connectivity index (χ2n) is 3.23. The summed E-state index contributed by atoms with van der Waals surface area (Å²) in [5.74, 6) is -0.234. The molecular formula is C10H15N3O2. The van der Waals surface area contributed by atoms with E-state index in [4.69, 9.17) is 0 Å². The van der Waals surface area contributed by atoms with Gasteiger partial charge in [-0.15, -0.1) is 0 Å². The molecule has 2 N–H and O–H groups in total. The van der Waals surface area contributed by atoms with E-state index < -0.39 is 0 Å². The number of azo groups is 1. The zero-order valence-electron chi connectivity index (χ0n) is 8.73. The zero-order chi connectivity index (χ0) is 11.1. The fourth-order valence-electron chi connectivity index (χ4n) is 1.10. The first-order valence-electron chi connectivity index (χ1n) is 5.04. The highest BCUT2D eigenvalue weighted by atomic mass is 16.3. The average molecular weight is 209 g/mol. The average Bonchev–Trinajstić information content (AvgIpc) is 2.20. The molecule has 0 radical (unpaired) electrons. The fourth-order valence-corrected chi connectivity index (χ4v) is 1.10. The van der Waals surface area contributed by atoms with Crippen LogP contribution in [0.4, 0.5) is 5.69 Å². The van der Waals surface area contributed by atoms with Gasteiger partial charge in [-0.25, -0.2) is 0 Å². The van der Waals surface area contributed by atoms with Crippen molar-refractivity contribution in [1.82, 2.24) is 4.98 Å². The summed E-state index contributed by atoms with van der Waals surface area (Å²) in [5, 5.41) is 17.0. The molecule has 0 saturated carbocycles. The number of hydrogen-bond donors (Lipinski definition) is 2. The van der Waals surface area contributed by atoms with Crippen LogP contribution in [0, 0.1) is 0 Å². The topological polar surface area (TPSA) is 77.8 Å². The van der Waals surface area contributed by atoms with Gasteiger partial charge in [-0.3, -0.25) is 9.78 Å². The molecule has 5 nitrogen and oxygen atoms in total. The summed E-state index contributed by atoms with van der Waals surface area (Å²) in [7, 11) is 0. The van der Waals surface area contributed by atoms with Crippen LogP contribution in [0.3, 0.4) is 0 Å². The molecular weight excluding hydrogens is 194 g/mol. The third-order valence-corrected chi connectivity index (χ3v) is 1.92. The molecule has 1 rings (SSSR count). The maximum absolute atomic E-state index is 10.8. The summed E-state index contributed by atoms with van der Waals surface area (Å²) in [5.41, 5.74) is -0.0523. The Morgan fingerprint density at radius 3 is 2.87 bits per heavy atom. The summed E-state index contributed by atoms with van der Waals surface area (Å²) in [4.78, 5) is 13.0. The van der Waals surface area contributed by atoms with E-state index in [1.165, 1.54) is 12.1 Å². The molecule has 0 fully saturated rings. The molecule has 82 valence electrons. The van der Waals surface area contributed by atoms with E-state index in [1.807, 2.05) is 0 Å². The molecule has 5 heteroatoms. The summed E-state index contributed by atoms with van der Waals surface area (Å²) in [6.45, 7) is 2.76. The van der Waals surface area contributed by atoms with E-state index in [1.54, 1.807) is 0 Å². The molecule has 0 aliphatic heterocycles. The second-order valence-corrected chi connectivity index (χ2v) is 3.23. The van der Waals surface area contributed by atoms with Crippen LogP contribution in [0.2, 0.25) is 0 Å². The van der Waals surface area contributed by atoms with E-state index >= 15 is 0 Å². The highest BCUT2D eigenvalue weighted by Crippen LogP contribution is 2.20. The van der Waals surface area contributed by atoms with Gasteiger partial charge in [0.1, 0.15) is 5.69 Å². The number of aromatic nitrogens is 1. The van der Waals surface area contributed by atoms with Crippen LogP contribution in [0.1, 0.15) is 26.2 Å². The molecule has 0 bridgehead atoms. The maximum Gasteiger partial charge on any atom is 0.250 e. The molecule has 1 aromatic heterocycles. The van der Waals surface area contributed by atoms with Crippen LogP contribution in [0.15, 0.2) is 27.2 Å². The number of pyridine rings is 1. The number of hydrogen-bond acceptors (Lipinski definition) is 4. The van der Waals surface area contributed by atoms with Gasteiger partial charge >= 0.3 is 0 Å². The third-order valence-electron chi connectivity index (χ3n) is 1.92. The number of rotatable bonds is 5. The van der Waals surface area contributed by atoms with Crippen LogP contribution in [0.5, 0.6) is 5.88 Å². The summed E-state index contributed by atoms with van der Waals surface area (Å²) in [6.07, 6.45) is 3.25. The molecule has 0 unspecified atom stereocenters. The zero-order valence-corrected chi connectivity index (χ0v) is 8.73. The van der Waals surface area contributed by atoms with Crippen LogP contribution < -0.4 is 5.56 Å². The quantitative estimate of drug-likeness (QED) is 0.576. The van der Waals surface area contributed by atoms with Crippen molar-refractivity contribution in [3.05, 3.63) is 22.5 Å². The van der Waals surface area contributed by atoms with Gasteiger partial charge in [0.15, 0.2) is 0 Å². The minimum atomic E-state index is -0.350. The van der Waals surface area contributed by atoms with Crippen molar-refractivity contribution >= 4 is 5.69 Å². The molecule has 0 aliphatic rings. The van der Waals surface area contributed by atoms with Crippen molar-refractivity contribution in [2.75, 3.05) is 6.54 Å². The number of aromatic amines is 1. The van der Waals surface area contributed by atoms with Crippen molar-refractivity contribution in [1.29, 1.82) is 0 Å². The molecule has 1 aromatic rings. The van der Waals surface area contributed by atoms with Gasteiger partial charge in [0.2, 0.25) is 5.88 Å². The van der Waals surface area contributed by atoms with Crippen molar-refractivity contribution in [3.63, 3.8) is 0 Å². The molecule has 0 aliphatic carbocycles. The van der Waals surface area contributed by atoms with Crippen molar-refractivity contribution in [2.24, 2.45) is 10.2 Å². The Hall–Kier alpha value is -1.65. The number of nitrogens with one attached hydrogen (secondary N) is 1. The Balaban J connectivity index is 2.53. The Bertz CT molecular complexity index is 384. The smallest absolute Gasteiger partial charge is 0.250 e. The molecule has 0 atom stereocenters. The predicted molar refractivity (Wildman–Crippen MR) is 57.6 cm³/mol. The lowest BCUT2D eigenvalue weighted by molar-refractivity contribution is 0.453. The first-order chi connectivity index (χ1) is 7.24. The van der Waals surface area contributed by atoms with Crippen LogP contribution in [-0.2, 0) is 0 Å². The molecule has 0 amide bonds. The van der Waals surface area contributed by atoms with E-state index in [-0.39, 0.29) is 11.4 Å². The number of unbranched alkanes of at least 4 members (excludes halogenated alkanes) is 2. The Kier molecular flexibility index (Phi) is 4.53. The minimum absolute atomic E-state index is 0.234. The first-order valence-corrected chi connectivity index (χ1v) is 5.04. The largest absolute Gasteiger partial charge is 0.493 e. The van der Waals surface area contributed by atoms with Crippen LogP contribution >= 0.6 is 0 Å². The highest BCUT2D eigenvalue weighted by Gasteiger charge is 1.98. The lowest BCUT2D eigenvalue weighted by Gasteiger charge is -1.95. The Labute approximate surface area is 87.9 Å². The normalized spacial score (nSPS) is 11.0. The Morgan fingerprint density at radius 1 is 1.40 bits per heavy atom. The lowest BCUT2D eigenvalue weighted by Crippen LogP contribution is -2.00. The summed E-state index contributed by atoms with van der Waals surface area (Å²) in [6, 6.07) is 2.75. The predicted octanol–water partition coefficient (Wildman–Crippen LogP) is 2.35. The van der Waals surface area contributed by atoms with Gasteiger partial charge in [-0.2, -0.15) is 10.2 Å². The van der Waals surface area contributed by atoms with E-state index in [0.717, 1.165) is 19.3 Å². The number of H-pyrrole nitrogens is 1. The first kappa shape index (κ1) is 11.4. The molecule has 0 saturated heterocycles. The van der Waals surface area contributed by atoms with Gasteiger partial charge in [0, 0.05) is 6.07 Å². The van der Waals surface area contributed by atoms with Crippen LogP contribution in [0.25, 0.3) is 0 Å². The van der Waals surface area contributed by atoms with E-state index in [9.17, 15) is 9.90 Å². The second kappa shape index (κ2) is 5.95. The Morgan fingerprint density at radius 2 is 2.20 bits per heavy atom. The molecule has 15 heavy (non-hydrogen) atoms. The van der Waals surface area contributed by atoms with Crippen LogP contribution in [-0.4, -0.2) is 16.6 Å². The molecule has 0 spiro atoms. The number of nitrogens with zero attached hydrogens (tertiary/aromatic N) is 2. The van der Waals surface area contributed by atoms with Gasteiger partial charge in [0.25, 0.3) is 5.56 Å². The standard InChI is InChI=1S/C10H15N3O2/c1-2-3-4-7-11-13-8-5-6-9(14)12-10(8)15/h5-6H,2-4,7H2,1H3,(H2,12,14,15)/b13-11+. The lowest BCUT2D eigenvalue weighted by atomic mass is 10.3. The van der Waals surface area contributed by atoms with Crippen molar-refractivity contribution < 1.29 is 5.11 Å². The van der Waals surface area contributed by atoms with Gasteiger partial charge in [0.05, 0.1) is 6.54 Å². The van der Waals surface area contributed by atoms with E-state index in [2.05, 4.69) is 22.1 Å². The minimum Gasteiger partial charge on any atom is -0.493 e. The summed E-state index contributed by atoms with van der Waals surface area (Å²) >= 11 is 0. The molecule has 1 heterocycles. The van der Waals surface area contributed by atoms with Crippen molar-refractivity contribution in [3.8, 4) is 5.88 Å². The number of aromatic hydroxyl groups is 1. The van der Waals surface area contributed by atoms with Gasteiger partial charge in [-0.05, 0) is 12.5 Å². The monoisotopic (exact) mass is 209 g/mol. The SMILES string of the molecule is CCCCC/N=N/c1ccc(=O)[nH]c1O. The molecule has 0 aromatic carbocycles.